The first kappa shape index (κ1) is 17.4. The van der Waals surface area contributed by atoms with Crippen LogP contribution >= 0.6 is 0 Å². The number of carbonyl (C=O) groups excluding carboxylic acids is 2. The molecule has 2 aromatic rings. The quantitative estimate of drug-likeness (QED) is 0.930. The van der Waals surface area contributed by atoms with E-state index in [1.54, 1.807) is 37.8 Å². The number of para-hydroxylation sites is 1. The van der Waals surface area contributed by atoms with Gasteiger partial charge in [-0.3, -0.25) is 9.59 Å². The summed E-state index contributed by atoms with van der Waals surface area (Å²) < 4.78 is 0. The second kappa shape index (κ2) is 6.12. The Morgan fingerprint density at radius 1 is 1.04 bits per heavy atom. The van der Waals surface area contributed by atoms with Gasteiger partial charge in [-0.2, -0.15) is 0 Å². The molecule has 1 heterocycles. The normalized spacial score (nSPS) is 19.8. The van der Waals surface area contributed by atoms with E-state index in [0.29, 0.717) is 17.8 Å². The minimum absolute atomic E-state index is 0.139. The fraction of sp³-hybridized carbons (Fsp3) is 0.333. The number of nitrogens with zero attached hydrogens (tertiary/aromatic N) is 1. The van der Waals surface area contributed by atoms with Gasteiger partial charge in [-0.1, -0.05) is 69.3 Å². The van der Waals surface area contributed by atoms with Gasteiger partial charge in [-0.05, 0) is 11.6 Å². The van der Waals surface area contributed by atoms with Crippen LogP contribution in [0.4, 0.5) is 5.69 Å². The van der Waals surface area contributed by atoms with Crippen molar-refractivity contribution in [2.45, 2.75) is 39.3 Å². The molecular weight excluding hydrogens is 314 g/mol. The number of amides is 1. The predicted octanol–water partition coefficient (Wildman–Crippen LogP) is 3.43. The SMILES string of the molecule is CC(C)(C)C(=O)C[C@@]1(O)C(=O)N(Cc2ccccc2)c2ccccc21. The number of fused-ring (bicyclic) bond motifs is 1. The third-order valence-corrected chi connectivity index (χ3v) is 4.68. The highest BCUT2D eigenvalue weighted by Gasteiger charge is 2.51. The molecule has 3 rings (SSSR count). The molecule has 1 atom stereocenters. The third kappa shape index (κ3) is 3.10. The van der Waals surface area contributed by atoms with E-state index in [1.165, 1.54) is 0 Å². The van der Waals surface area contributed by atoms with Crippen LogP contribution in [-0.4, -0.2) is 16.8 Å². The summed E-state index contributed by atoms with van der Waals surface area (Å²) in [6.45, 7) is 5.76. The van der Waals surface area contributed by atoms with E-state index in [1.807, 2.05) is 42.5 Å². The standard InChI is InChI=1S/C21H23NO3/c1-20(2,3)18(23)13-21(25)16-11-7-8-12-17(16)22(19(21)24)14-15-9-5-4-6-10-15/h4-12,25H,13-14H2,1-3H3/t21-/m0/s1. The summed E-state index contributed by atoms with van der Waals surface area (Å²) in [6, 6.07) is 16.8. The second-order valence-corrected chi connectivity index (χ2v) is 7.60. The number of rotatable bonds is 4. The highest BCUT2D eigenvalue weighted by molar-refractivity contribution is 6.09. The predicted molar refractivity (Wildman–Crippen MR) is 97.0 cm³/mol. The minimum atomic E-state index is -1.80. The summed E-state index contributed by atoms with van der Waals surface area (Å²) in [5, 5.41) is 11.2. The van der Waals surface area contributed by atoms with Crippen LogP contribution in [0.5, 0.6) is 0 Å². The molecule has 0 unspecified atom stereocenters. The van der Waals surface area contributed by atoms with Gasteiger partial charge in [-0.25, -0.2) is 0 Å². The molecule has 0 saturated carbocycles. The minimum Gasteiger partial charge on any atom is -0.375 e. The first-order valence-electron chi connectivity index (χ1n) is 8.44. The van der Waals surface area contributed by atoms with Crippen molar-refractivity contribution in [3.05, 3.63) is 65.7 Å². The number of carbonyl (C=O) groups is 2. The Morgan fingerprint density at radius 3 is 2.28 bits per heavy atom. The van der Waals surface area contributed by atoms with Crippen molar-refractivity contribution in [2.24, 2.45) is 5.41 Å². The lowest BCUT2D eigenvalue weighted by Gasteiger charge is -2.26. The summed E-state index contributed by atoms with van der Waals surface area (Å²) in [5.41, 5.74) is -0.265. The Morgan fingerprint density at radius 2 is 1.64 bits per heavy atom. The van der Waals surface area contributed by atoms with Crippen molar-refractivity contribution >= 4 is 17.4 Å². The number of anilines is 1. The molecule has 1 aliphatic heterocycles. The van der Waals surface area contributed by atoms with E-state index in [2.05, 4.69) is 0 Å². The number of ketones is 1. The fourth-order valence-corrected chi connectivity index (χ4v) is 3.10. The van der Waals surface area contributed by atoms with Crippen molar-refractivity contribution in [1.29, 1.82) is 0 Å². The third-order valence-electron chi connectivity index (χ3n) is 4.68. The molecule has 1 N–H and O–H groups in total. The van der Waals surface area contributed by atoms with E-state index in [9.17, 15) is 14.7 Å². The zero-order valence-corrected chi connectivity index (χ0v) is 14.8. The molecule has 25 heavy (non-hydrogen) atoms. The molecular formula is C21H23NO3. The molecule has 4 heteroatoms. The van der Waals surface area contributed by atoms with Crippen LogP contribution in [0.1, 0.15) is 38.3 Å². The van der Waals surface area contributed by atoms with Crippen molar-refractivity contribution in [2.75, 3.05) is 4.90 Å². The lowest BCUT2D eigenvalue weighted by molar-refractivity contribution is -0.144. The average molecular weight is 337 g/mol. The number of benzene rings is 2. The lowest BCUT2D eigenvalue weighted by Crippen LogP contribution is -2.43. The van der Waals surface area contributed by atoms with Crippen molar-refractivity contribution in [1.82, 2.24) is 0 Å². The summed E-state index contributed by atoms with van der Waals surface area (Å²) in [4.78, 5) is 27.2. The molecule has 2 aromatic carbocycles. The van der Waals surface area contributed by atoms with E-state index in [0.717, 1.165) is 5.56 Å². The van der Waals surface area contributed by atoms with Gasteiger partial charge in [0.1, 0.15) is 5.78 Å². The highest BCUT2D eigenvalue weighted by Crippen LogP contribution is 2.44. The van der Waals surface area contributed by atoms with E-state index in [4.69, 9.17) is 0 Å². The van der Waals surface area contributed by atoms with Crippen LogP contribution < -0.4 is 4.90 Å². The Hall–Kier alpha value is -2.46. The molecule has 0 radical (unpaired) electrons. The van der Waals surface area contributed by atoms with Gasteiger partial charge in [0.2, 0.25) is 0 Å². The summed E-state index contributed by atoms with van der Waals surface area (Å²) in [6.07, 6.45) is -0.211. The highest BCUT2D eigenvalue weighted by atomic mass is 16.3. The van der Waals surface area contributed by atoms with Crippen molar-refractivity contribution in [3.8, 4) is 0 Å². The Labute approximate surface area is 148 Å². The zero-order chi connectivity index (χ0) is 18.2. The van der Waals surface area contributed by atoms with Gasteiger partial charge >= 0.3 is 0 Å². The molecule has 1 amide bonds. The zero-order valence-electron chi connectivity index (χ0n) is 14.8. The average Bonchev–Trinajstić information content (AvgIpc) is 2.77. The van der Waals surface area contributed by atoms with Gasteiger partial charge in [0.15, 0.2) is 5.60 Å². The largest absolute Gasteiger partial charge is 0.375 e. The van der Waals surface area contributed by atoms with Gasteiger partial charge in [-0.15, -0.1) is 0 Å². The summed E-state index contributed by atoms with van der Waals surface area (Å²) in [5.74, 6) is -0.574. The molecule has 0 aliphatic carbocycles. The number of hydrogen-bond donors (Lipinski definition) is 1. The lowest BCUT2D eigenvalue weighted by atomic mass is 9.81. The van der Waals surface area contributed by atoms with Crippen LogP contribution in [0, 0.1) is 5.41 Å². The maximum atomic E-state index is 13.1. The van der Waals surface area contributed by atoms with Gasteiger partial charge < -0.3 is 10.0 Å². The van der Waals surface area contributed by atoms with Crippen LogP contribution in [0.15, 0.2) is 54.6 Å². The van der Waals surface area contributed by atoms with Crippen molar-refractivity contribution in [3.63, 3.8) is 0 Å². The molecule has 130 valence electrons. The van der Waals surface area contributed by atoms with Gasteiger partial charge in [0, 0.05) is 17.4 Å². The number of aliphatic hydroxyl groups is 1. The first-order valence-corrected chi connectivity index (χ1v) is 8.44. The van der Waals surface area contributed by atoms with Crippen LogP contribution in [-0.2, 0) is 21.7 Å². The van der Waals surface area contributed by atoms with Crippen LogP contribution in [0.3, 0.4) is 0 Å². The summed E-state index contributed by atoms with van der Waals surface area (Å²) >= 11 is 0. The maximum absolute atomic E-state index is 13.1. The summed E-state index contributed by atoms with van der Waals surface area (Å²) in [7, 11) is 0. The molecule has 0 saturated heterocycles. The monoisotopic (exact) mass is 337 g/mol. The Bertz CT molecular complexity index is 807. The molecule has 0 aromatic heterocycles. The number of hydrogen-bond acceptors (Lipinski definition) is 3. The first-order chi connectivity index (χ1) is 11.7. The maximum Gasteiger partial charge on any atom is 0.264 e. The van der Waals surface area contributed by atoms with Crippen LogP contribution in [0.25, 0.3) is 0 Å². The van der Waals surface area contributed by atoms with Crippen molar-refractivity contribution < 1.29 is 14.7 Å². The smallest absolute Gasteiger partial charge is 0.264 e. The fourth-order valence-electron chi connectivity index (χ4n) is 3.10. The molecule has 0 fully saturated rings. The Kier molecular flexibility index (Phi) is 4.25. The van der Waals surface area contributed by atoms with E-state index >= 15 is 0 Å². The Balaban J connectivity index is 1.99. The molecule has 0 bridgehead atoms. The van der Waals surface area contributed by atoms with E-state index < -0.39 is 16.9 Å². The van der Waals surface area contributed by atoms with Gasteiger partial charge in [0.05, 0.1) is 12.2 Å². The number of Topliss-reactive ketones (excluding diaryl/α,β-unsaturated/α-hetero) is 1. The topological polar surface area (TPSA) is 57.6 Å². The molecule has 4 nitrogen and oxygen atoms in total. The molecule has 0 spiro atoms. The van der Waals surface area contributed by atoms with Crippen LogP contribution in [0.2, 0.25) is 0 Å². The molecule has 1 aliphatic rings. The second-order valence-electron chi connectivity index (χ2n) is 7.60. The van der Waals surface area contributed by atoms with Gasteiger partial charge in [0.25, 0.3) is 5.91 Å². The van der Waals surface area contributed by atoms with E-state index in [-0.39, 0.29) is 12.2 Å².